The van der Waals surface area contributed by atoms with Gasteiger partial charge in [0.25, 0.3) is 6.43 Å². The molecule has 0 N–H and O–H groups in total. The van der Waals surface area contributed by atoms with Crippen LogP contribution >= 0.6 is 15.9 Å². The molecule has 0 aliphatic carbocycles. The number of aromatic nitrogens is 2. The van der Waals surface area contributed by atoms with Crippen LogP contribution in [-0.4, -0.2) is 9.55 Å². The molecule has 0 atom stereocenters. The van der Waals surface area contributed by atoms with E-state index in [0.717, 1.165) is 16.6 Å². The van der Waals surface area contributed by atoms with Gasteiger partial charge in [0.15, 0.2) is 0 Å². The largest absolute Gasteiger partial charge is 0.326 e. The number of para-hydroxylation sites is 2. The lowest BCUT2D eigenvalue weighted by Crippen LogP contribution is -1.99. The Balaban J connectivity index is 1.93. The molecule has 0 fully saturated rings. The summed E-state index contributed by atoms with van der Waals surface area (Å²) >= 11 is 3.20. The van der Waals surface area contributed by atoms with Crippen molar-refractivity contribution in [1.82, 2.24) is 9.55 Å². The predicted octanol–water partition coefficient (Wildman–Crippen LogP) is 4.78. The highest BCUT2D eigenvalue weighted by Crippen LogP contribution is 2.28. The van der Waals surface area contributed by atoms with Crippen LogP contribution in [0.15, 0.2) is 53.3 Å². The third kappa shape index (κ3) is 2.45. The number of rotatable bonds is 3. The molecule has 2 nitrogen and oxygen atoms in total. The Bertz CT molecular complexity index is 752. The van der Waals surface area contributed by atoms with Crippen molar-refractivity contribution in [2.75, 3.05) is 0 Å². The quantitative estimate of drug-likeness (QED) is 0.672. The third-order valence-corrected chi connectivity index (χ3v) is 3.87. The molecule has 0 bridgehead atoms. The van der Waals surface area contributed by atoms with Gasteiger partial charge in [-0.15, -0.1) is 0 Å². The molecular formula is C15H11BrF2N2. The van der Waals surface area contributed by atoms with Crippen LogP contribution in [0.3, 0.4) is 0 Å². The number of hydrogen-bond donors (Lipinski definition) is 0. The van der Waals surface area contributed by atoms with Crippen LogP contribution < -0.4 is 0 Å². The van der Waals surface area contributed by atoms with Crippen molar-refractivity contribution >= 4 is 27.0 Å². The summed E-state index contributed by atoms with van der Waals surface area (Å²) in [6, 6.07) is 12.7. The molecule has 0 amide bonds. The van der Waals surface area contributed by atoms with Crippen molar-refractivity contribution in [3.8, 4) is 0 Å². The first kappa shape index (κ1) is 13.2. The number of imidazole rings is 1. The summed E-state index contributed by atoms with van der Waals surface area (Å²) in [5, 5.41) is 0. The van der Waals surface area contributed by atoms with E-state index in [-0.39, 0.29) is 5.56 Å². The van der Waals surface area contributed by atoms with Gasteiger partial charge in [0.05, 0.1) is 17.4 Å². The molecule has 2 aromatic carbocycles. The van der Waals surface area contributed by atoms with Crippen molar-refractivity contribution in [3.63, 3.8) is 0 Å². The molecule has 0 radical (unpaired) electrons. The van der Waals surface area contributed by atoms with E-state index in [0.29, 0.717) is 11.0 Å². The second kappa shape index (κ2) is 5.32. The maximum atomic E-state index is 12.7. The molecule has 0 saturated carbocycles. The van der Waals surface area contributed by atoms with Crippen molar-refractivity contribution in [3.05, 3.63) is 64.4 Å². The lowest BCUT2D eigenvalue weighted by Gasteiger charge is -2.08. The lowest BCUT2D eigenvalue weighted by molar-refractivity contribution is 0.150. The number of benzene rings is 2. The van der Waals surface area contributed by atoms with Crippen LogP contribution in [0.4, 0.5) is 8.78 Å². The summed E-state index contributed by atoms with van der Waals surface area (Å²) in [4.78, 5) is 4.31. The van der Waals surface area contributed by atoms with E-state index in [1.165, 1.54) is 6.07 Å². The number of fused-ring (bicyclic) bond motifs is 1. The molecule has 0 spiro atoms. The average molecular weight is 337 g/mol. The molecule has 0 aliphatic heterocycles. The van der Waals surface area contributed by atoms with Crippen molar-refractivity contribution in [2.45, 2.75) is 13.0 Å². The van der Waals surface area contributed by atoms with E-state index in [2.05, 4.69) is 20.9 Å². The standard InChI is InChI=1S/C15H11BrF2N2/c16-12-7-10(5-6-11(12)15(17)18)8-20-9-19-13-3-1-2-4-14(13)20/h1-7,9,15H,8H2. The summed E-state index contributed by atoms with van der Waals surface area (Å²) in [7, 11) is 0. The minimum atomic E-state index is -2.47. The van der Waals surface area contributed by atoms with Crippen LogP contribution in [0.25, 0.3) is 11.0 Å². The fraction of sp³-hybridized carbons (Fsp3) is 0.133. The Hall–Kier alpha value is -1.75. The minimum absolute atomic E-state index is 0.0178. The lowest BCUT2D eigenvalue weighted by atomic mass is 10.1. The average Bonchev–Trinajstić information content (AvgIpc) is 2.82. The second-order valence-electron chi connectivity index (χ2n) is 4.52. The minimum Gasteiger partial charge on any atom is -0.326 e. The molecule has 1 heterocycles. The van der Waals surface area contributed by atoms with E-state index in [4.69, 9.17) is 0 Å². The highest BCUT2D eigenvalue weighted by atomic mass is 79.9. The normalized spacial score (nSPS) is 11.4. The molecule has 0 aliphatic rings. The molecule has 3 rings (SSSR count). The van der Waals surface area contributed by atoms with Crippen LogP contribution in [0.1, 0.15) is 17.6 Å². The van der Waals surface area contributed by atoms with E-state index in [1.54, 1.807) is 18.5 Å². The predicted molar refractivity (Wildman–Crippen MR) is 77.9 cm³/mol. The Morgan fingerprint density at radius 1 is 1.15 bits per heavy atom. The topological polar surface area (TPSA) is 17.8 Å². The van der Waals surface area contributed by atoms with Gasteiger partial charge >= 0.3 is 0 Å². The van der Waals surface area contributed by atoms with E-state index in [9.17, 15) is 8.78 Å². The molecule has 3 aromatic rings. The monoisotopic (exact) mass is 336 g/mol. The zero-order valence-corrected chi connectivity index (χ0v) is 12.0. The summed E-state index contributed by atoms with van der Waals surface area (Å²) in [5.74, 6) is 0. The second-order valence-corrected chi connectivity index (χ2v) is 5.37. The van der Waals surface area contributed by atoms with E-state index < -0.39 is 6.43 Å². The fourth-order valence-corrected chi connectivity index (χ4v) is 2.78. The number of nitrogens with zero attached hydrogens (tertiary/aromatic N) is 2. The van der Waals surface area contributed by atoms with Gasteiger partial charge < -0.3 is 4.57 Å². The zero-order valence-electron chi connectivity index (χ0n) is 10.4. The third-order valence-electron chi connectivity index (χ3n) is 3.18. The van der Waals surface area contributed by atoms with Crippen LogP contribution in [0.2, 0.25) is 0 Å². The molecule has 102 valence electrons. The van der Waals surface area contributed by atoms with Gasteiger partial charge in [-0.05, 0) is 23.8 Å². The Morgan fingerprint density at radius 3 is 2.70 bits per heavy atom. The van der Waals surface area contributed by atoms with Crippen molar-refractivity contribution in [2.24, 2.45) is 0 Å². The van der Waals surface area contributed by atoms with Gasteiger partial charge in [-0.1, -0.05) is 40.2 Å². The first-order valence-electron chi connectivity index (χ1n) is 6.11. The molecule has 0 saturated heterocycles. The fourth-order valence-electron chi connectivity index (χ4n) is 2.18. The van der Waals surface area contributed by atoms with Crippen LogP contribution in [-0.2, 0) is 6.54 Å². The first-order chi connectivity index (χ1) is 9.65. The molecule has 20 heavy (non-hydrogen) atoms. The van der Waals surface area contributed by atoms with Gasteiger partial charge in [-0.25, -0.2) is 13.8 Å². The Kier molecular flexibility index (Phi) is 3.53. The maximum Gasteiger partial charge on any atom is 0.264 e. The summed E-state index contributed by atoms with van der Waals surface area (Å²) in [6.45, 7) is 0.600. The maximum absolute atomic E-state index is 12.7. The van der Waals surface area contributed by atoms with Gasteiger partial charge in [-0.2, -0.15) is 0 Å². The number of alkyl halides is 2. The van der Waals surface area contributed by atoms with Crippen molar-refractivity contribution < 1.29 is 8.78 Å². The Labute approximate surface area is 123 Å². The Morgan fingerprint density at radius 2 is 1.95 bits per heavy atom. The van der Waals surface area contributed by atoms with Gasteiger partial charge in [0, 0.05) is 16.6 Å². The molecule has 0 unspecified atom stereocenters. The summed E-state index contributed by atoms with van der Waals surface area (Å²) in [6.07, 6.45) is -0.702. The number of hydrogen-bond acceptors (Lipinski definition) is 1. The molecule has 5 heteroatoms. The zero-order chi connectivity index (χ0) is 14.1. The molecule has 1 aromatic heterocycles. The first-order valence-corrected chi connectivity index (χ1v) is 6.91. The van der Waals surface area contributed by atoms with E-state index >= 15 is 0 Å². The van der Waals surface area contributed by atoms with E-state index in [1.807, 2.05) is 28.8 Å². The number of halogens is 3. The van der Waals surface area contributed by atoms with Crippen LogP contribution in [0.5, 0.6) is 0 Å². The SMILES string of the molecule is FC(F)c1ccc(Cn2cnc3ccccc32)cc1Br. The summed E-state index contributed by atoms with van der Waals surface area (Å²) < 4.78 is 27.8. The highest BCUT2D eigenvalue weighted by Gasteiger charge is 2.12. The summed E-state index contributed by atoms with van der Waals surface area (Å²) in [5.41, 5.74) is 2.92. The highest BCUT2D eigenvalue weighted by molar-refractivity contribution is 9.10. The smallest absolute Gasteiger partial charge is 0.264 e. The van der Waals surface area contributed by atoms with Gasteiger partial charge in [-0.3, -0.25) is 0 Å². The molecular weight excluding hydrogens is 326 g/mol. The van der Waals surface area contributed by atoms with Gasteiger partial charge in [0.1, 0.15) is 0 Å². The van der Waals surface area contributed by atoms with Crippen LogP contribution in [0, 0.1) is 0 Å². The van der Waals surface area contributed by atoms with Gasteiger partial charge in [0.2, 0.25) is 0 Å². The van der Waals surface area contributed by atoms with Crippen molar-refractivity contribution in [1.29, 1.82) is 0 Å².